The molecule has 2 aromatic rings. The molecular formula is C21H30N2O2. The minimum absolute atomic E-state index is 0.0240. The average molecular weight is 342 g/mol. The number of nitrogens with one attached hydrogen (secondary N) is 2. The quantitative estimate of drug-likeness (QED) is 0.886. The molecule has 4 nitrogen and oxygen atoms in total. The maximum atomic E-state index is 12.6. The molecule has 25 heavy (non-hydrogen) atoms. The lowest BCUT2D eigenvalue weighted by molar-refractivity contribution is -0.121. The number of fused-ring (bicyclic) bond motifs is 1. The van der Waals surface area contributed by atoms with Crippen LogP contribution in [0.15, 0.2) is 22.8 Å². The summed E-state index contributed by atoms with van der Waals surface area (Å²) in [6.45, 7) is 12.9. The number of hydrogen-bond donors (Lipinski definition) is 2. The van der Waals surface area contributed by atoms with Gasteiger partial charge in [0.2, 0.25) is 5.91 Å². The lowest BCUT2D eigenvalue weighted by Gasteiger charge is -2.46. The second kappa shape index (κ2) is 6.17. The van der Waals surface area contributed by atoms with Crippen molar-refractivity contribution < 1.29 is 9.21 Å². The molecule has 3 rings (SSSR count). The molecule has 0 saturated carbocycles. The maximum Gasteiger partial charge on any atom is 0.224 e. The molecule has 1 aromatic heterocycles. The Morgan fingerprint density at radius 2 is 1.84 bits per heavy atom. The van der Waals surface area contributed by atoms with Crippen LogP contribution in [0.2, 0.25) is 0 Å². The van der Waals surface area contributed by atoms with E-state index in [1.807, 2.05) is 6.07 Å². The zero-order valence-corrected chi connectivity index (χ0v) is 16.2. The highest BCUT2D eigenvalue weighted by Crippen LogP contribution is 2.29. The van der Waals surface area contributed by atoms with Crippen LogP contribution in [0.4, 0.5) is 0 Å². The van der Waals surface area contributed by atoms with E-state index in [1.54, 1.807) is 6.26 Å². The predicted octanol–water partition coefficient (Wildman–Crippen LogP) is 4.02. The van der Waals surface area contributed by atoms with E-state index in [0.717, 1.165) is 34.9 Å². The van der Waals surface area contributed by atoms with Gasteiger partial charge in [-0.2, -0.15) is 0 Å². The van der Waals surface area contributed by atoms with Gasteiger partial charge in [-0.1, -0.05) is 6.07 Å². The zero-order chi connectivity index (χ0) is 18.4. The normalized spacial score (nSPS) is 19.9. The van der Waals surface area contributed by atoms with E-state index in [2.05, 4.69) is 58.2 Å². The van der Waals surface area contributed by atoms with Crippen molar-refractivity contribution in [3.63, 3.8) is 0 Å². The lowest BCUT2D eigenvalue weighted by Crippen LogP contribution is -2.62. The molecule has 1 amide bonds. The van der Waals surface area contributed by atoms with E-state index in [0.29, 0.717) is 6.42 Å². The summed E-state index contributed by atoms with van der Waals surface area (Å²) in [7, 11) is 0. The van der Waals surface area contributed by atoms with Crippen LogP contribution >= 0.6 is 0 Å². The second-order valence-electron chi connectivity index (χ2n) is 8.96. The molecule has 2 N–H and O–H groups in total. The summed E-state index contributed by atoms with van der Waals surface area (Å²) >= 11 is 0. The molecule has 4 heteroatoms. The summed E-state index contributed by atoms with van der Waals surface area (Å²) < 4.78 is 5.68. The fourth-order valence-corrected chi connectivity index (χ4v) is 4.63. The van der Waals surface area contributed by atoms with Crippen molar-refractivity contribution in [2.24, 2.45) is 0 Å². The van der Waals surface area contributed by atoms with Crippen molar-refractivity contribution in [2.75, 3.05) is 0 Å². The molecular weight excluding hydrogens is 312 g/mol. The first-order chi connectivity index (χ1) is 11.5. The third-order valence-electron chi connectivity index (χ3n) is 5.00. The molecule has 1 aliphatic heterocycles. The number of hydrogen-bond acceptors (Lipinski definition) is 3. The van der Waals surface area contributed by atoms with Gasteiger partial charge >= 0.3 is 0 Å². The molecule has 1 fully saturated rings. The molecule has 0 radical (unpaired) electrons. The Morgan fingerprint density at radius 1 is 1.20 bits per heavy atom. The third kappa shape index (κ3) is 4.06. The molecule has 0 unspecified atom stereocenters. The van der Waals surface area contributed by atoms with Gasteiger partial charge in [0.1, 0.15) is 5.58 Å². The number of furan rings is 1. The minimum atomic E-state index is 0.0240. The summed E-state index contributed by atoms with van der Waals surface area (Å²) in [6.07, 6.45) is 3.97. The highest BCUT2D eigenvalue weighted by Gasteiger charge is 2.38. The van der Waals surface area contributed by atoms with Gasteiger partial charge in [0, 0.05) is 28.1 Å². The van der Waals surface area contributed by atoms with Crippen LogP contribution in [0.25, 0.3) is 11.0 Å². The van der Waals surface area contributed by atoms with E-state index in [9.17, 15) is 4.79 Å². The van der Waals surface area contributed by atoms with Crippen molar-refractivity contribution in [1.29, 1.82) is 0 Å². The fraction of sp³-hybridized carbons (Fsp3) is 0.571. The highest BCUT2D eigenvalue weighted by molar-refractivity contribution is 5.90. The summed E-state index contributed by atoms with van der Waals surface area (Å²) in [6, 6.07) is 4.36. The smallest absolute Gasteiger partial charge is 0.224 e. The monoisotopic (exact) mass is 342 g/mol. The van der Waals surface area contributed by atoms with E-state index in [-0.39, 0.29) is 23.0 Å². The summed E-state index contributed by atoms with van der Waals surface area (Å²) in [5, 5.41) is 7.97. The lowest BCUT2D eigenvalue weighted by atomic mass is 9.79. The fourth-order valence-electron chi connectivity index (χ4n) is 4.63. The molecule has 0 spiro atoms. The number of amides is 1. The molecule has 0 bridgehead atoms. The second-order valence-corrected chi connectivity index (χ2v) is 8.96. The van der Waals surface area contributed by atoms with Gasteiger partial charge in [0.05, 0.1) is 12.7 Å². The Bertz CT molecular complexity index is 786. The number of carbonyl (C=O) groups is 1. The molecule has 136 valence electrons. The van der Waals surface area contributed by atoms with Crippen molar-refractivity contribution in [1.82, 2.24) is 10.6 Å². The standard InChI is InChI=1S/C21H30N2O2/c1-13-7-14(2)19-15(12-25-17(19)8-13)9-18(24)22-16-10-20(3,4)23-21(5,6)11-16/h7-8,12,16,23H,9-11H2,1-6H3,(H,22,24). The van der Waals surface area contributed by atoms with Crippen LogP contribution in [-0.2, 0) is 11.2 Å². The maximum absolute atomic E-state index is 12.6. The Kier molecular flexibility index (Phi) is 4.44. The molecule has 1 aliphatic rings. The van der Waals surface area contributed by atoms with Crippen molar-refractivity contribution >= 4 is 16.9 Å². The molecule has 1 aromatic carbocycles. The Labute approximate surface area is 150 Å². The number of benzene rings is 1. The molecule has 0 atom stereocenters. The van der Waals surface area contributed by atoms with Crippen molar-refractivity contribution in [3.05, 3.63) is 35.1 Å². The van der Waals surface area contributed by atoms with E-state index in [1.165, 1.54) is 5.56 Å². The van der Waals surface area contributed by atoms with E-state index < -0.39 is 0 Å². The Hall–Kier alpha value is -1.81. The van der Waals surface area contributed by atoms with Gasteiger partial charge < -0.3 is 15.1 Å². The van der Waals surface area contributed by atoms with Gasteiger partial charge in [-0.25, -0.2) is 0 Å². The first-order valence-electron chi connectivity index (χ1n) is 9.11. The first kappa shape index (κ1) is 18.0. The number of carbonyl (C=O) groups excluding carboxylic acids is 1. The zero-order valence-electron chi connectivity index (χ0n) is 16.2. The van der Waals surface area contributed by atoms with E-state index in [4.69, 9.17) is 4.42 Å². The molecule has 2 heterocycles. The SMILES string of the molecule is Cc1cc(C)c2c(CC(=O)NC3CC(C)(C)NC(C)(C)C3)coc2c1. The van der Waals surface area contributed by atoms with Crippen LogP contribution in [0.5, 0.6) is 0 Å². The predicted molar refractivity (Wildman–Crippen MR) is 102 cm³/mol. The topological polar surface area (TPSA) is 54.3 Å². The van der Waals surface area contributed by atoms with Crippen molar-refractivity contribution in [3.8, 4) is 0 Å². The summed E-state index contributed by atoms with van der Waals surface area (Å²) in [5.74, 6) is 0.0705. The van der Waals surface area contributed by atoms with E-state index >= 15 is 0 Å². The van der Waals surface area contributed by atoms with Crippen LogP contribution in [0.3, 0.4) is 0 Å². The van der Waals surface area contributed by atoms with Crippen LogP contribution in [0.1, 0.15) is 57.2 Å². The molecule has 1 saturated heterocycles. The first-order valence-corrected chi connectivity index (χ1v) is 9.11. The number of piperidine rings is 1. The van der Waals surface area contributed by atoms with Gasteiger partial charge in [0.15, 0.2) is 0 Å². The number of aryl methyl sites for hydroxylation is 2. The summed E-state index contributed by atoms with van der Waals surface area (Å²) in [4.78, 5) is 12.6. The number of rotatable bonds is 3. The Morgan fingerprint density at radius 3 is 2.48 bits per heavy atom. The third-order valence-corrected chi connectivity index (χ3v) is 5.00. The van der Waals surface area contributed by atoms with Gasteiger partial charge in [-0.05, 0) is 71.6 Å². The largest absolute Gasteiger partial charge is 0.464 e. The average Bonchev–Trinajstić information content (AvgIpc) is 2.77. The molecule has 0 aliphatic carbocycles. The van der Waals surface area contributed by atoms with Gasteiger partial charge in [0.25, 0.3) is 0 Å². The van der Waals surface area contributed by atoms with Gasteiger partial charge in [-0.15, -0.1) is 0 Å². The van der Waals surface area contributed by atoms with Crippen LogP contribution in [0, 0.1) is 13.8 Å². The van der Waals surface area contributed by atoms with Crippen LogP contribution < -0.4 is 10.6 Å². The highest BCUT2D eigenvalue weighted by atomic mass is 16.3. The van der Waals surface area contributed by atoms with Crippen molar-refractivity contribution in [2.45, 2.75) is 77.9 Å². The van der Waals surface area contributed by atoms with Gasteiger partial charge in [-0.3, -0.25) is 4.79 Å². The Balaban J connectivity index is 1.73. The minimum Gasteiger partial charge on any atom is -0.464 e. The van der Waals surface area contributed by atoms with Crippen LogP contribution in [-0.4, -0.2) is 23.0 Å². The summed E-state index contributed by atoms with van der Waals surface area (Å²) in [5.41, 5.74) is 4.22.